The molecule has 2 aliphatic carbocycles. The molecule has 0 aromatic rings. The van der Waals surface area contributed by atoms with Crippen LogP contribution < -0.4 is 0 Å². The Labute approximate surface area is 140 Å². The predicted molar refractivity (Wildman–Crippen MR) is 94.4 cm³/mol. The van der Waals surface area contributed by atoms with Gasteiger partial charge >= 0.3 is 0 Å². The zero-order valence-corrected chi connectivity index (χ0v) is 14.8. The Hall–Kier alpha value is -0.920. The van der Waals surface area contributed by atoms with E-state index in [1.54, 1.807) is 0 Å². The highest BCUT2D eigenvalue weighted by Crippen LogP contribution is 2.43. The van der Waals surface area contributed by atoms with Gasteiger partial charge in [0.25, 0.3) is 0 Å². The third-order valence-electron chi connectivity index (χ3n) is 5.96. The minimum absolute atomic E-state index is 0.388. The van der Waals surface area contributed by atoms with E-state index in [0.29, 0.717) is 5.92 Å². The van der Waals surface area contributed by atoms with Crippen LogP contribution in [0.2, 0.25) is 0 Å². The first-order valence-electron chi connectivity index (χ1n) is 9.43. The number of rotatable bonds is 5. The molecule has 0 spiro atoms. The Morgan fingerprint density at radius 3 is 1.96 bits per heavy atom. The SMILES string of the molecule is C=C(F)/C(F)=C\C(=C/CC)C1CCC(C2CCC(C)CC2)CC1. The fourth-order valence-electron chi connectivity index (χ4n) is 4.48. The van der Waals surface area contributed by atoms with Gasteiger partial charge in [-0.25, -0.2) is 8.78 Å². The lowest BCUT2D eigenvalue weighted by Crippen LogP contribution is -2.25. The second-order valence-corrected chi connectivity index (χ2v) is 7.64. The average molecular weight is 322 g/mol. The molecule has 2 rings (SSSR count). The lowest BCUT2D eigenvalue weighted by Gasteiger charge is -2.37. The van der Waals surface area contributed by atoms with E-state index in [-0.39, 0.29) is 0 Å². The zero-order chi connectivity index (χ0) is 16.8. The van der Waals surface area contributed by atoms with Gasteiger partial charge in [0.2, 0.25) is 0 Å². The standard InChI is InChI=1S/C21H32F2/c1-4-5-20(14-21(23)16(3)22)19-12-10-18(11-13-19)17-8-6-15(2)7-9-17/h5,14-15,17-19H,3-4,6-13H2,1-2H3/b20-5+,21-14+. The molecule has 2 heteroatoms. The van der Waals surface area contributed by atoms with Crippen LogP contribution in [0.5, 0.6) is 0 Å². The Kier molecular flexibility index (Phi) is 7.05. The van der Waals surface area contributed by atoms with Crippen LogP contribution in [-0.4, -0.2) is 0 Å². The second-order valence-electron chi connectivity index (χ2n) is 7.64. The van der Waals surface area contributed by atoms with E-state index >= 15 is 0 Å². The normalized spacial score (nSPS) is 33.6. The number of allylic oxidation sites excluding steroid dienone is 5. The summed E-state index contributed by atoms with van der Waals surface area (Å²) in [6, 6.07) is 0. The molecule has 130 valence electrons. The smallest absolute Gasteiger partial charge is 0.158 e. The Morgan fingerprint density at radius 2 is 1.48 bits per heavy atom. The summed E-state index contributed by atoms with van der Waals surface area (Å²) >= 11 is 0. The minimum Gasteiger partial charge on any atom is -0.204 e. The summed E-state index contributed by atoms with van der Waals surface area (Å²) in [5.41, 5.74) is 0.972. The quantitative estimate of drug-likeness (QED) is 0.466. The summed E-state index contributed by atoms with van der Waals surface area (Å²) in [4.78, 5) is 0. The summed E-state index contributed by atoms with van der Waals surface area (Å²) in [6.07, 6.45) is 14.6. The number of hydrogen-bond donors (Lipinski definition) is 0. The van der Waals surface area contributed by atoms with E-state index in [4.69, 9.17) is 0 Å². The van der Waals surface area contributed by atoms with Crippen LogP contribution in [0.15, 0.2) is 36.0 Å². The molecule has 0 unspecified atom stereocenters. The molecule has 0 amide bonds. The van der Waals surface area contributed by atoms with Crippen LogP contribution in [0.25, 0.3) is 0 Å². The highest BCUT2D eigenvalue weighted by molar-refractivity contribution is 5.30. The molecule has 2 fully saturated rings. The van der Waals surface area contributed by atoms with Gasteiger partial charge < -0.3 is 0 Å². The Morgan fingerprint density at radius 1 is 0.957 bits per heavy atom. The summed E-state index contributed by atoms with van der Waals surface area (Å²) in [6.45, 7) is 7.47. The van der Waals surface area contributed by atoms with Gasteiger partial charge in [0.05, 0.1) is 0 Å². The lowest BCUT2D eigenvalue weighted by molar-refractivity contribution is 0.159. The molecule has 0 N–H and O–H groups in total. The van der Waals surface area contributed by atoms with Gasteiger partial charge in [-0.05, 0) is 80.3 Å². The Bertz CT molecular complexity index is 444. The van der Waals surface area contributed by atoms with Crippen LogP contribution in [-0.2, 0) is 0 Å². The van der Waals surface area contributed by atoms with Crippen LogP contribution >= 0.6 is 0 Å². The van der Waals surface area contributed by atoms with E-state index in [1.165, 1.54) is 44.6 Å². The van der Waals surface area contributed by atoms with Crippen molar-refractivity contribution in [2.75, 3.05) is 0 Å². The fraction of sp³-hybridized carbons (Fsp3) is 0.714. The minimum atomic E-state index is -0.961. The van der Waals surface area contributed by atoms with Gasteiger partial charge in [-0.2, -0.15) is 0 Å². The number of halogens is 2. The highest BCUT2D eigenvalue weighted by Gasteiger charge is 2.30. The molecule has 0 atom stereocenters. The van der Waals surface area contributed by atoms with Crippen molar-refractivity contribution in [3.63, 3.8) is 0 Å². The van der Waals surface area contributed by atoms with Crippen LogP contribution in [0.1, 0.15) is 71.6 Å². The molecular weight excluding hydrogens is 290 g/mol. The third-order valence-corrected chi connectivity index (χ3v) is 5.96. The van der Waals surface area contributed by atoms with Gasteiger partial charge in [0.1, 0.15) is 0 Å². The first kappa shape index (κ1) is 18.4. The molecule has 0 aromatic heterocycles. The molecule has 0 radical (unpaired) electrons. The van der Waals surface area contributed by atoms with E-state index in [0.717, 1.165) is 42.6 Å². The van der Waals surface area contributed by atoms with Gasteiger partial charge in [-0.3, -0.25) is 0 Å². The molecule has 23 heavy (non-hydrogen) atoms. The fourth-order valence-corrected chi connectivity index (χ4v) is 4.48. The molecular formula is C21H32F2. The first-order chi connectivity index (χ1) is 11.0. The average Bonchev–Trinajstić information content (AvgIpc) is 2.55. The van der Waals surface area contributed by atoms with Crippen molar-refractivity contribution >= 4 is 0 Å². The van der Waals surface area contributed by atoms with Gasteiger partial charge in [0.15, 0.2) is 11.7 Å². The van der Waals surface area contributed by atoms with Crippen molar-refractivity contribution < 1.29 is 8.78 Å². The predicted octanol–water partition coefficient (Wildman–Crippen LogP) is 7.29. The maximum absolute atomic E-state index is 13.6. The van der Waals surface area contributed by atoms with E-state index in [2.05, 4.69) is 19.6 Å². The second kappa shape index (κ2) is 8.80. The van der Waals surface area contributed by atoms with E-state index < -0.39 is 11.7 Å². The maximum atomic E-state index is 13.6. The van der Waals surface area contributed by atoms with Crippen molar-refractivity contribution in [1.29, 1.82) is 0 Å². The van der Waals surface area contributed by atoms with E-state index in [1.807, 2.05) is 6.92 Å². The summed E-state index contributed by atoms with van der Waals surface area (Å²) < 4.78 is 26.5. The number of hydrogen-bond acceptors (Lipinski definition) is 0. The van der Waals surface area contributed by atoms with E-state index in [9.17, 15) is 8.78 Å². The molecule has 0 nitrogen and oxygen atoms in total. The topological polar surface area (TPSA) is 0 Å². The molecule has 0 aliphatic heterocycles. The van der Waals surface area contributed by atoms with Crippen molar-refractivity contribution in [3.8, 4) is 0 Å². The molecule has 0 saturated heterocycles. The highest BCUT2D eigenvalue weighted by atomic mass is 19.2. The Balaban J connectivity index is 1.92. The molecule has 0 aromatic carbocycles. The first-order valence-corrected chi connectivity index (χ1v) is 9.43. The van der Waals surface area contributed by atoms with Crippen LogP contribution in [0, 0.1) is 23.7 Å². The molecule has 2 aliphatic rings. The zero-order valence-electron chi connectivity index (χ0n) is 14.8. The van der Waals surface area contributed by atoms with Crippen LogP contribution in [0.3, 0.4) is 0 Å². The van der Waals surface area contributed by atoms with Crippen molar-refractivity contribution in [1.82, 2.24) is 0 Å². The molecule has 2 saturated carbocycles. The summed E-state index contributed by atoms with van der Waals surface area (Å²) in [5.74, 6) is 1.28. The van der Waals surface area contributed by atoms with Gasteiger partial charge in [0, 0.05) is 0 Å². The molecule has 0 bridgehead atoms. The van der Waals surface area contributed by atoms with Gasteiger partial charge in [-0.15, -0.1) is 0 Å². The monoisotopic (exact) mass is 322 g/mol. The summed E-state index contributed by atoms with van der Waals surface area (Å²) in [7, 11) is 0. The third kappa shape index (κ3) is 5.29. The van der Waals surface area contributed by atoms with Crippen LogP contribution in [0.4, 0.5) is 8.78 Å². The maximum Gasteiger partial charge on any atom is 0.158 e. The van der Waals surface area contributed by atoms with Gasteiger partial charge in [-0.1, -0.05) is 39.3 Å². The van der Waals surface area contributed by atoms with Crippen molar-refractivity contribution in [2.24, 2.45) is 23.7 Å². The van der Waals surface area contributed by atoms with Crippen molar-refractivity contribution in [2.45, 2.75) is 71.6 Å². The largest absolute Gasteiger partial charge is 0.204 e. The van der Waals surface area contributed by atoms with Crippen molar-refractivity contribution in [3.05, 3.63) is 36.0 Å². The molecule has 0 heterocycles. The summed E-state index contributed by atoms with van der Waals surface area (Å²) in [5, 5.41) is 0. The lowest BCUT2D eigenvalue weighted by atomic mass is 9.68.